The molecule has 130 valence electrons. The average molecular weight is 360 g/mol. The van der Waals surface area contributed by atoms with E-state index in [4.69, 9.17) is 4.42 Å². The van der Waals surface area contributed by atoms with Crippen LogP contribution in [0.15, 0.2) is 101 Å². The zero-order chi connectivity index (χ0) is 18.5. The Morgan fingerprint density at radius 2 is 1.18 bits per heavy atom. The van der Waals surface area contributed by atoms with Crippen LogP contribution in [0.4, 0.5) is 22.7 Å². The molecule has 4 aromatic carbocycles. The van der Waals surface area contributed by atoms with Crippen molar-refractivity contribution < 1.29 is 4.42 Å². The van der Waals surface area contributed by atoms with Crippen molar-refractivity contribution in [1.29, 1.82) is 0 Å². The SMILES string of the molecule is C1=[N+](c2ccccc2)c2ccccc2[N+]=1c1ccc2c(c1)oc1ccccc12. The summed E-state index contributed by atoms with van der Waals surface area (Å²) in [5.41, 5.74) is 6.12. The Bertz CT molecular complexity index is 1440. The van der Waals surface area contributed by atoms with Gasteiger partial charge < -0.3 is 4.42 Å². The lowest BCUT2D eigenvalue weighted by Crippen LogP contribution is -2.00. The second-order valence-electron chi connectivity index (χ2n) is 6.87. The molecule has 3 nitrogen and oxygen atoms in total. The first kappa shape index (κ1) is 15.2. The van der Waals surface area contributed by atoms with Gasteiger partial charge in [-0.3, -0.25) is 0 Å². The maximum Gasteiger partial charge on any atom is 0.503 e. The highest BCUT2D eigenvalue weighted by Gasteiger charge is 2.36. The third-order valence-corrected chi connectivity index (χ3v) is 5.20. The van der Waals surface area contributed by atoms with Crippen molar-refractivity contribution in [3.63, 3.8) is 0 Å². The predicted molar refractivity (Wildman–Crippen MR) is 115 cm³/mol. The van der Waals surface area contributed by atoms with Crippen LogP contribution in [0.1, 0.15) is 0 Å². The quantitative estimate of drug-likeness (QED) is 0.325. The van der Waals surface area contributed by atoms with Crippen molar-refractivity contribution in [2.24, 2.45) is 0 Å². The first-order valence-electron chi connectivity index (χ1n) is 9.30. The van der Waals surface area contributed by atoms with Crippen LogP contribution < -0.4 is 9.15 Å². The van der Waals surface area contributed by atoms with Crippen molar-refractivity contribution >= 4 is 50.7 Å². The van der Waals surface area contributed by atoms with Gasteiger partial charge in [0.15, 0.2) is 0 Å². The van der Waals surface area contributed by atoms with Gasteiger partial charge in [0, 0.05) is 41.1 Å². The largest absolute Gasteiger partial charge is 0.503 e. The van der Waals surface area contributed by atoms with Gasteiger partial charge in [0.25, 0.3) is 11.4 Å². The van der Waals surface area contributed by atoms with Crippen LogP contribution in [0, 0.1) is 0 Å². The van der Waals surface area contributed by atoms with Gasteiger partial charge in [-0.1, -0.05) is 48.5 Å². The zero-order valence-electron chi connectivity index (χ0n) is 15.0. The minimum Gasteiger partial charge on any atom is -0.456 e. The zero-order valence-corrected chi connectivity index (χ0v) is 15.0. The summed E-state index contributed by atoms with van der Waals surface area (Å²) in [7, 11) is 0. The molecule has 0 fully saturated rings. The van der Waals surface area contributed by atoms with Crippen molar-refractivity contribution in [2.45, 2.75) is 0 Å². The fourth-order valence-electron chi connectivity index (χ4n) is 3.87. The van der Waals surface area contributed by atoms with E-state index < -0.39 is 0 Å². The van der Waals surface area contributed by atoms with Crippen LogP contribution >= 0.6 is 0 Å². The molecule has 0 atom stereocenters. The lowest BCUT2D eigenvalue weighted by Gasteiger charge is -1.95. The second kappa shape index (κ2) is 5.78. The summed E-state index contributed by atoms with van der Waals surface area (Å²) in [5, 5.41) is 2.27. The molecule has 0 saturated heterocycles. The molecule has 1 aliphatic heterocycles. The van der Waals surface area contributed by atoms with Gasteiger partial charge in [0.05, 0.1) is 6.07 Å². The van der Waals surface area contributed by atoms with Crippen molar-refractivity contribution in [1.82, 2.24) is 9.15 Å². The Morgan fingerprint density at radius 1 is 0.536 bits per heavy atom. The maximum absolute atomic E-state index is 6.08. The van der Waals surface area contributed by atoms with Crippen LogP contribution in [-0.2, 0) is 0 Å². The topological polar surface area (TPSA) is 19.2 Å². The summed E-state index contributed by atoms with van der Waals surface area (Å²) in [6, 6.07) is 36.7. The third kappa shape index (κ3) is 2.18. The van der Waals surface area contributed by atoms with E-state index in [-0.39, 0.29) is 0 Å². The molecule has 0 bridgehead atoms. The molecule has 2 heterocycles. The molecule has 6 rings (SSSR count). The van der Waals surface area contributed by atoms with E-state index in [0.717, 1.165) is 44.7 Å². The molecule has 5 aromatic rings. The van der Waals surface area contributed by atoms with E-state index in [2.05, 4.69) is 75.8 Å². The van der Waals surface area contributed by atoms with Crippen LogP contribution in [0.25, 0.3) is 21.9 Å². The number of fused-ring (bicyclic) bond motifs is 4. The van der Waals surface area contributed by atoms with Gasteiger partial charge >= 0.3 is 6.01 Å². The van der Waals surface area contributed by atoms with E-state index in [0.29, 0.717) is 0 Å². The van der Waals surface area contributed by atoms with Crippen molar-refractivity contribution in [3.05, 3.63) is 97.1 Å². The van der Waals surface area contributed by atoms with E-state index in [1.54, 1.807) is 0 Å². The van der Waals surface area contributed by atoms with E-state index >= 15 is 0 Å². The summed E-state index contributed by atoms with van der Waals surface area (Å²) >= 11 is 0. The molecular formula is C25H16N2O+2. The highest BCUT2D eigenvalue weighted by molar-refractivity contribution is 6.05. The smallest absolute Gasteiger partial charge is 0.456 e. The third-order valence-electron chi connectivity index (χ3n) is 5.20. The average Bonchev–Trinajstić information content (AvgIpc) is 3.32. The molecular weight excluding hydrogens is 344 g/mol. The maximum atomic E-state index is 6.08. The van der Waals surface area contributed by atoms with Crippen molar-refractivity contribution in [2.75, 3.05) is 0 Å². The lowest BCUT2D eigenvalue weighted by atomic mass is 10.1. The summed E-state index contributed by atoms with van der Waals surface area (Å²) in [5.74, 6) is 0. The van der Waals surface area contributed by atoms with Crippen molar-refractivity contribution in [3.8, 4) is 0 Å². The highest BCUT2D eigenvalue weighted by Crippen LogP contribution is 2.37. The van der Waals surface area contributed by atoms with Gasteiger partial charge in [-0.05, 0) is 21.3 Å². The molecule has 0 amide bonds. The number of benzene rings is 4. The van der Waals surface area contributed by atoms with Crippen LogP contribution in [0.5, 0.6) is 0 Å². The molecule has 28 heavy (non-hydrogen) atoms. The molecule has 0 aliphatic carbocycles. The van der Waals surface area contributed by atoms with E-state index in [1.807, 2.05) is 36.4 Å². The standard InChI is InChI=1S/C25H16N2O/c1-2-8-18(9-3-1)26-17-27(23-12-6-5-11-22(23)26)19-14-15-21-20-10-4-7-13-24(20)28-25(21)16-19/h1-16H/q+2. The number of para-hydroxylation sites is 4. The second-order valence-corrected chi connectivity index (χ2v) is 6.87. The Labute approximate surface area is 161 Å². The fraction of sp³-hybridized carbons (Fsp3) is 0. The number of hydrogen-bond acceptors (Lipinski definition) is 1. The first-order valence-corrected chi connectivity index (χ1v) is 9.30. The molecule has 0 saturated carbocycles. The summed E-state index contributed by atoms with van der Waals surface area (Å²) in [6.07, 6.45) is 0. The Hall–Kier alpha value is -3.94. The number of furan rings is 1. The van der Waals surface area contributed by atoms with Gasteiger partial charge in [-0.15, -0.1) is 0 Å². The van der Waals surface area contributed by atoms with E-state index in [9.17, 15) is 0 Å². The van der Waals surface area contributed by atoms with Gasteiger partial charge in [0.2, 0.25) is 11.4 Å². The summed E-state index contributed by atoms with van der Waals surface area (Å²) in [6.45, 7) is 0. The molecule has 0 N–H and O–H groups in total. The number of rotatable bonds is 2. The predicted octanol–water partition coefficient (Wildman–Crippen LogP) is 6.44. The highest BCUT2D eigenvalue weighted by atomic mass is 16.3. The van der Waals surface area contributed by atoms with Gasteiger partial charge in [-0.25, -0.2) is 0 Å². The summed E-state index contributed by atoms with van der Waals surface area (Å²) in [4.78, 5) is 0. The Morgan fingerprint density at radius 3 is 2.00 bits per heavy atom. The minimum absolute atomic E-state index is 0.885. The molecule has 0 spiro atoms. The molecule has 0 unspecified atom stereocenters. The normalized spacial score (nSPS) is 12.9. The van der Waals surface area contributed by atoms with Crippen LogP contribution in [0.2, 0.25) is 0 Å². The summed E-state index contributed by atoms with van der Waals surface area (Å²) < 4.78 is 10.3. The molecule has 1 aliphatic rings. The number of hydrogen-bond donors (Lipinski definition) is 0. The monoisotopic (exact) mass is 360 g/mol. The molecule has 0 radical (unpaired) electrons. The molecule has 1 aromatic heterocycles. The Kier molecular flexibility index (Phi) is 3.13. The molecule has 3 heteroatoms. The van der Waals surface area contributed by atoms with E-state index in [1.165, 1.54) is 0 Å². The fourth-order valence-corrected chi connectivity index (χ4v) is 3.87. The first-order chi connectivity index (χ1) is 13.9. The van der Waals surface area contributed by atoms with Crippen LogP contribution in [-0.4, -0.2) is 6.01 Å². The Balaban J connectivity index is 1.60. The number of nitrogens with zero attached hydrogens (tertiary/aromatic N) is 2. The van der Waals surface area contributed by atoms with Gasteiger partial charge in [-0.2, -0.15) is 0 Å². The van der Waals surface area contributed by atoms with Crippen LogP contribution in [0.3, 0.4) is 0 Å². The lowest BCUT2D eigenvalue weighted by molar-refractivity contribution is 0.668. The minimum atomic E-state index is 0.885. The van der Waals surface area contributed by atoms with Gasteiger partial charge in [0.1, 0.15) is 11.2 Å².